The van der Waals surface area contributed by atoms with Gasteiger partial charge in [-0.25, -0.2) is 4.98 Å². The first-order valence-corrected chi connectivity index (χ1v) is 4.77. The molecule has 0 spiro atoms. The molecule has 0 fully saturated rings. The van der Waals surface area contributed by atoms with Gasteiger partial charge >= 0.3 is 0 Å². The Kier molecular flexibility index (Phi) is 2.90. The van der Waals surface area contributed by atoms with Crippen molar-refractivity contribution in [1.82, 2.24) is 9.55 Å². The summed E-state index contributed by atoms with van der Waals surface area (Å²) >= 11 is 0. The second-order valence-electron chi connectivity index (χ2n) is 3.04. The average Bonchev–Trinajstić information content (AvgIpc) is 2.41. The molecule has 0 saturated carbocycles. The lowest BCUT2D eigenvalue weighted by Crippen LogP contribution is -2.00. The Morgan fingerprint density at radius 3 is 2.08 bits per heavy atom. The van der Waals surface area contributed by atoms with Gasteiger partial charge < -0.3 is 4.57 Å². The van der Waals surface area contributed by atoms with Crippen LogP contribution < -0.4 is 0 Å². The molecule has 1 aromatic heterocycles. The van der Waals surface area contributed by atoms with E-state index in [1.807, 2.05) is 0 Å². The third kappa shape index (κ3) is 1.38. The summed E-state index contributed by atoms with van der Waals surface area (Å²) in [6.07, 6.45) is 3.17. The summed E-state index contributed by atoms with van der Waals surface area (Å²) in [6, 6.07) is 0. The molecular weight excluding hydrogens is 148 g/mol. The van der Waals surface area contributed by atoms with Crippen LogP contribution >= 0.6 is 0 Å². The first-order chi connectivity index (χ1) is 5.74. The third-order valence-corrected chi connectivity index (χ3v) is 2.38. The van der Waals surface area contributed by atoms with E-state index in [9.17, 15) is 0 Å². The molecule has 0 radical (unpaired) electrons. The maximum absolute atomic E-state index is 4.58. The van der Waals surface area contributed by atoms with Gasteiger partial charge in [0.1, 0.15) is 5.82 Å². The highest BCUT2D eigenvalue weighted by Crippen LogP contribution is 2.12. The predicted octanol–water partition coefficient (Wildman–Crippen LogP) is 2.11. The molecule has 68 valence electrons. The second kappa shape index (κ2) is 3.74. The molecule has 1 heterocycles. The van der Waals surface area contributed by atoms with E-state index in [-0.39, 0.29) is 0 Å². The molecule has 0 N–H and O–H groups in total. The highest BCUT2D eigenvalue weighted by atomic mass is 15.1. The Bertz CT molecular complexity index is 261. The Balaban J connectivity index is 3.13. The first-order valence-electron chi connectivity index (χ1n) is 4.77. The number of nitrogens with zero attached hydrogens (tertiary/aromatic N) is 2. The largest absolute Gasteiger partial charge is 0.335 e. The van der Waals surface area contributed by atoms with Crippen molar-refractivity contribution in [2.24, 2.45) is 7.05 Å². The van der Waals surface area contributed by atoms with Gasteiger partial charge in [0, 0.05) is 19.2 Å². The molecule has 0 saturated heterocycles. The molecule has 0 aliphatic rings. The summed E-state index contributed by atoms with van der Waals surface area (Å²) in [5.41, 5.74) is 2.67. The van der Waals surface area contributed by atoms with Gasteiger partial charge in [-0.15, -0.1) is 0 Å². The Hall–Kier alpha value is -0.790. The van der Waals surface area contributed by atoms with E-state index in [0.29, 0.717) is 0 Å². The van der Waals surface area contributed by atoms with Crippen molar-refractivity contribution in [2.75, 3.05) is 0 Å². The Morgan fingerprint density at radius 2 is 1.75 bits per heavy atom. The van der Waals surface area contributed by atoms with E-state index in [1.54, 1.807) is 0 Å². The van der Waals surface area contributed by atoms with Crippen molar-refractivity contribution in [3.8, 4) is 0 Å². The van der Waals surface area contributed by atoms with E-state index in [0.717, 1.165) is 19.3 Å². The maximum Gasteiger partial charge on any atom is 0.108 e. The van der Waals surface area contributed by atoms with Gasteiger partial charge in [0.25, 0.3) is 0 Å². The Labute approximate surface area is 74.6 Å². The van der Waals surface area contributed by atoms with Crippen LogP contribution in [-0.2, 0) is 26.3 Å². The van der Waals surface area contributed by atoms with Crippen LogP contribution in [-0.4, -0.2) is 9.55 Å². The lowest BCUT2D eigenvalue weighted by molar-refractivity contribution is 0.763. The summed E-state index contributed by atoms with van der Waals surface area (Å²) in [5, 5.41) is 0. The molecule has 0 aliphatic heterocycles. The quantitative estimate of drug-likeness (QED) is 0.672. The van der Waals surface area contributed by atoms with Gasteiger partial charge in [-0.1, -0.05) is 20.8 Å². The van der Waals surface area contributed by atoms with Crippen LogP contribution in [0.1, 0.15) is 38.0 Å². The number of hydrogen-bond donors (Lipinski definition) is 0. The monoisotopic (exact) mass is 166 g/mol. The molecule has 0 aromatic carbocycles. The summed E-state index contributed by atoms with van der Waals surface area (Å²) in [6.45, 7) is 6.51. The number of imidazole rings is 1. The molecule has 12 heavy (non-hydrogen) atoms. The van der Waals surface area contributed by atoms with Crippen LogP contribution in [0, 0.1) is 0 Å². The minimum atomic E-state index is 1.03. The zero-order valence-electron chi connectivity index (χ0n) is 8.52. The maximum atomic E-state index is 4.58. The molecule has 2 heteroatoms. The Morgan fingerprint density at radius 1 is 1.08 bits per heavy atom. The molecule has 2 nitrogen and oxygen atoms in total. The number of rotatable bonds is 3. The van der Waals surface area contributed by atoms with Crippen molar-refractivity contribution < 1.29 is 0 Å². The smallest absolute Gasteiger partial charge is 0.108 e. The summed E-state index contributed by atoms with van der Waals surface area (Å²) in [7, 11) is 2.11. The lowest BCUT2D eigenvalue weighted by atomic mass is 10.2. The minimum Gasteiger partial charge on any atom is -0.335 e. The van der Waals surface area contributed by atoms with E-state index >= 15 is 0 Å². The van der Waals surface area contributed by atoms with Crippen molar-refractivity contribution in [2.45, 2.75) is 40.0 Å². The molecular formula is C10H18N2. The first kappa shape index (κ1) is 9.30. The van der Waals surface area contributed by atoms with Crippen LogP contribution in [0.25, 0.3) is 0 Å². The molecule has 1 aromatic rings. The SMILES string of the molecule is CCc1nc(CC)n(C)c1CC. The summed E-state index contributed by atoms with van der Waals surface area (Å²) < 4.78 is 2.23. The third-order valence-electron chi connectivity index (χ3n) is 2.38. The van der Waals surface area contributed by atoms with Gasteiger partial charge in [-0.3, -0.25) is 0 Å². The molecule has 1 rings (SSSR count). The van der Waals surface area contributed by atoms with Gasteiger partial charge in [-0.2, -0.15) is 0 Å². The van der Waals surface area contributed by atoms with E-state index in [4.69, 9.17) is 0 Å². The zero-order chi connectivity index (χ0) is 9.14. The van der Waals surface area contributed by atoms with Crippen LogP contribution in [0.4, 0.5) is 0 Å². The van der Waals surface area contributed by atoms with Crippen LogP contribution in [0.15, 0.2) is 0 Å². The summed E-state index contributed by atoms with van der Waals surface area (Å²) in [4.78, 5) is 4.58. The number of aromatic nitrogens is 2. The van der Waals surface area contributed by atoms with Crippen molar-refractivity contribution >= 4 is 0 Å². The van der Waals surface area contributed by atoms with Crippen LogP contribution in [0.5, 0.6) is 0 Å². The van der Waals surface area contributed by atoms with Gasteiger partial charge in [0.05, 0.1) is 5.69 Å². The van der Waals surface area contributed by atoms with Crippen molar-refractivity contribution in [3.05, 3.63) is 17.2 Å². The van der Waals surface area contributed by atoms with Crippen LogP contribution in [0.3, 0.4) is 0 Å². The van der Waals surface area contributed by atoms with Gasteiger partial charge in [0.15, 0.2) is 0 Å². The fourth-order valence-corrected chi connectivity index (χ4v) is 1.69. The van der Waals surface area contributed by atoms with E-state index in [1.165, 1.54) is 17.2 Å². The second-order valence-corrected chi connectivity index (χ2v) is 3.04. The average molecular weight is 166 g/mol. The molecule has 0 bridgehead atoms. The molecule has 0 unspecified atom stereocenters. The standard InChI is InChI=1S/C10H18N2/c1-5-8-9(6-2)12(4)10(7-3)11-8/h5-7H2,1-4H3. The predicted molar refractivity (Wildman–Crippen MR) is 51.3 cm³/mol. The van der Waals surface area contributed by atoms with E-state index < -0.39 is 0 Å². The normalized spacial score (nSPS) is 10.7. The molecule has 0 amide bonds. The number of hydrogen-bond acceptors (Lipinski definition) is 1. The highest BCUT2D eigenvalue weighted by molar-refractivity contribution is 5.17. The highest BCUT2D eigenvalue weighted by Gasteiger charge is 2.09. The molecule has 0 atom stereocenters. The zero-order valence-corrected chi connectivity index (χ0v) is 8.52. The van der Waals surface area contributed by atoms with Gasteiger partial charge in [0.2, 0.25) is 0 Å². The fourth-order valence-electron chi connectivity index (χ4n) is 1.69. The number of aryl methyl sites for hydroxylation is 2. The van der Waals surface area contributed by atoms with Crippen molar-refractivity contribution in [3.63, 3.8) is 0 Å². The van der Waals surface area contributed by atoms with Crippen molar-refractivity contribution in [1.29, 1.82) is 0 Å². The topological polar surface area (TPSA) is 17.8 Å². The molecule has 0 aliphatic carbocycles. The summed E-state index contributed by atoms with van der Waals surface area (Å²) in [5.74, 6) is 1.21. The lowest BCUT2D eigenvalue weighted by Gasteiger charge is -2.02. The van der Waals surface area contributed by atoms with E-state index in [2.05, 4.69) is 37.4 Å². The fraction of sp³-hybridized carbons (Fsp3) is 0.700. The van der Waals surface area contributed by atoms with Crippen LogP contribution in [0.2, 0.25) is 0 Å². The van der Waals surface area contributed by atoms with Gasteiger partial charge in [-0.05, 0) is 12.8 Å². The minimum absolute atomic E-state index is 1.03.